The molecule has 0 unspecified atom stereocenters. The summed E-state index contributed by atoms with van der Waals surface area (Å²) in [6.45, 7) is 17.0. The van der Waals surface area contributed by atoms with Gasteiger partial charge >= 0.3 is 5.97 Å². The lowest BCUT2D eigenvalue weighted by Gasteiger charge is -1.91. The summed E-state index contributed by atoms with van der Waals surface area (Å²) in [4.78, 5) is 10.2. The minimum atomic E-state index is -0.347. The molecule has 0 rings (SSSR count). The third-order valence-electron chi connectivity index (χ3n) is 0.974. The van der Waals surface area contributed by atoms with E-state index in [9.17, 15) is 4.79 Å². The maximum absolute atomic E-state index is 10.2. The number of carbonyl (C=O) groups is 1. The molecule has 0 aliphatic heterocycles. The predicted molar refractivity (Wildman–Crippen MR) is 67.7 cm³/mol. The number of hydrogen-bond acceptors (Lipinski definition) is 3. The topological polar surface area (TPSA) is 50.1 Å². The lowest BCUT2D eigenvalue weighted by Crippen LogP contribution is -1.98. The fourth-order valence-corrected chi connectivity index (χ4v) is 0.174. The molecule has 0 aromatic rings. The van der Waals surface area contributed by atoms with E-state index in [4.69, 9.17) is 5.26 Å². The van der Waals surface area contributed by atoms with Crippen molar-refractivity contribution in [2.45, 2.75) is 13.8 Å². The largest absolute Gasteiger partial charge is 0.466 e. The molecular formula is C13H19NO2. The van der Waals surface area contributed by atoms with E-state index in [-0.39, 0.29) is 5.97 Å². The number of allylic oxidation sites excluding steroid dienone is 3. The molecule has 0 fully saturated rings. The predicted octanol–water partition coefficient (Wildman–Crippen LogP) is 3.18. The smallest absolute Gasteiger partial charge is 0.332 e. The SMILES string of the molecule is C=C(C)C(=O)OC.C=CC#N.C=CC(=C)C. The highest BCUT2D eigenvalue weighted by Gasteiger charge is 1.95. The molecule has 16 heavy (non-hydrogen) atoms. The van der Waals surface area contributed by atoms with Crippen LogP contribution in [-0.4, -0.2) is 13.1 Å². The van der Waals surface area contributed by atoms with Crippen LogP contribution in [0.2, 0.25) is 0 Å². The number of nitriles is 1. The van der Waals surface area contributed by atoms with Crippen LogP contribution < -0.4 is 0 Å². The molecule has 0 bridgehead atoms. The van der Waals surface area contributed by atoms with Gasteiger partial charge in [-0.05, 0) is 13.8 Å². The highest BCUT2D eigenvalue weighted by molar-refractivity contribution is 5.86. The lowest BCUT2D eigenvalue weighted by atomic mass is 10.4. The summed E-state index contributed by atoms with van der Waals surface area (Å²) < 4.78 is 4.27. The van der Waals surface area contributed by atoms with Crippen molar-refractivity contribution >= 4 is 5.97 Å². The average molecular weight is 221 g/mol. The van der Waals surface area contributed by atoms with Gasteiger partial charge in [-0.15, -0.1) is 0 Å². The van der Waals surface area contributed by atoms with Gasteiger partial charge in [0.1, 0.15) is 0 Å². The van der Waals surface area contributed by atoms with E-state index in [0.717, 1.165) is 5.57 Å². The van der Waals surface area contributed by atoms with Crippen molar-refractivity contribution in [2.24, 2.45) is 0 Å². The zero-order valence-electron chi connectivity index (χ0n) is 10.2. The van der Waals surface area contributed by atoms with Gasteiger partial charge in [0.2, 0.25) is 0 Å². The van der Waals surface area contributed by atoms with E-state index < -0.39 is 0 Å². The summed E-state index contributed by atoms with van der Waals surface area (Å²) in [7, 11) is 1.33. The molecule has 0 N–H and O–H groups in total. The molecule has 0 aromatic carbocycles. The highest BCUT2D eigenvalue weighted by atomic mass is 16.5. The van der Waals surface area contributed by atoms with Crippen molar-refractivity contribution in [3.8, 4) is 6.07 Å². The minimum absolute atomic E-state index is 0.347. The number of rotatable bonds is 2. The molecule has 0 amide bonds. The Labute approximate surface area is 98.0 Å². The van der Waals surface area contributed by atoms with Crippen molar-refractivity contribution < 1.29 is 9.53 Å². The Bertz CT molecular complexity index is 296. The molecule has 0 saturated heterocycles. The molecule has 88 valence electrons. The van der Waals surface area contributed by atoms with E-state index >= 15 is 0 Å². The average Bonchev–Trinajstić information content (AvgIpc) is 2.28. The highest BCUT2D eigenvalue weighted by Crippen LogP contribution is 1.87. The van der Waals surface area contributed by atoms with Crippen molar-refractivity contribution in [3.63, 3.8) is 0 Å². The van der Waals surface area contributed by atoms with E-state index in [1.165, 1.54) is 13.2 Å². The van der Waals surface area contributed by atoms with Crippen molar-refractivity contribution in [1.82, 2.24) is 0 Å². The standard InChI is InChI=1S/C5H8O2.C5H8.C3H3N/c1-4(2)5(6)7-3;1-4-5(2)3;1-2-3-4/h1H2,2-3H3;4H,1-2H2,3H3;2H,1H2. The van der Waals surface area contributed by atoms with Gasteiger partial charge in [0.05, 0.1) is 13.2 Å². The first-order chi connectivity index (χ1) is 7.37. The van der Waals surface area contributed by atoms with E-state index in [0.29, 0.717) is 5.57 Å². The monoisotopic (exact) mass is 221 g/mol. The first kappa shape index (κ1) is 19.5. The molecule has 0 aliphatic rings. The molecule has 3 nitrogen and oxygen atoms in total. The Morgan fingerprint density at radius 1 is 1.31 bits per heavy atom. The number of methoxy groups -OCH3 is 1. The van der Waals surface area contributed by atoms with Gasteiger partial charge in [-0.2, -0.15) is 5.26 Å². The Hall–Kier alpha value is -2.08. The summed E-state index contributed by atoms with van der Waals surface area (Å²) in [6.07, 6.45) is 2.90. The third kappa shape index (κ3) is 29.7. The molecule has 0 heterocycles. The first-order valence-electron chi connectivity index (χ1n) is 4.39. The zero-order chi connectivity index (χ0) is 13.6. The second-order valence-corrected chi connectivity index (χ2v) is 2.66. The Morgan fingerprint density at radius 3 is 1.62 bits per heavy atom. The fourth-order valence-electron chi connectivity index (χ4n) is 0.174. The summed E-state index contributed by atoms with van der Waals surface area (Å²) in [5.74, 6) is -0.347. The number of carbonyl (C=O) groups excluding carboxylic acids is 1. The van der Waals surface area contributed by atoms with Crippen LogP contribution in [0.3, 0.4) is 0 Å². The summed E-state index contributed by atoms with van der Waals surface area (Å²) >= 11 is 0. The first-order valence-corrected chi connectivity index (χ1v) is 4.39. The molecule has 0 spiro atoms. The second kappa shape index (κ2) is 15.4. The van der Waals surface area contributed by atoms with Crippen LogP contribution in [0, 0.1) is 11.3 Å². The Morgan fingerprint density at radius 2 is 1.62 bits per heavy atom. The van der Waals surface area contributed by atoms with Crippen molar-refractivity contribution in [2.75, 3.05) is 7.11 Å². The Balaban J connectivity index is -0.000000166. The number of hydrogen-bond donors (Lipinski definition) is 0. The van der Waals surface area contributed by atoms with E-state index in [2.05, 4.69) is 31.1 Å². The van der Waals surface area contributed by atoms with Gasteiger partial charge in [0.25, 0.3) is 0 Å². The van der Waals surface area contributed by atoms with Crippen LogP contribution in [-0.2, 0) is 9.53 Å². The van der Waals surface area contributed by atoms with Crippen LogP contribution in [0.1, 0.15) is 13.8 Å². The number of nitrogens with zero attached hydrogens (tertiary/aromatic N) is 1. The van der Waals surface area contributed by atoms with E-state index in [1.807, 2.05) is 6.92 Å². The molecule has 0 atom stereocenters. The number of ether oxygens (including phenoxy) is 1. The van der Waals surface area contributed by atoms with Gasteiger partial charge < -0.3 is 4.74 Å². The quantitative estimate of drug-likeness (QED) is 0.311. The summed E-state index contributed by atoms with van der Waals surface area (Å²) in [5.41, 5.74) is 1.45. The Kier molecular flexibility index (Phi) is 18.7. The molecule has 0 saturated carbocycles. The van der Waals surface area contributed by atoms with Gasteiger partial charge in [-0.3, -0.25) is 0 Å². The molecule has 0 aromatic heterocycles. The molecular weight excluding hydrogens is 202 g/mol. The minimum Gasteiger partial charge on any atom is -0.466 e. The van der Waals surface area contributed by atoms with Crippen LogP contribution in [0.15, 0.2) is 49.6 Å². The second-order valence-electron chi connectivity index (χ2n) is 2.66. The maximum atomic E-state index is 10.2. The van der Waals surface area contributed by atoms with Gasteiger partial charge in [0, 0.05) is 11.6 Å². The molecule has 0 aliphatic carbocycles. The van der Waals surface area contributed by atoms with Gasteiger partial charge in [-0.1, -0.05) is 38.0 Å². The fraction of sp³-hybridized carbons (Fsp3) is 0.231. The molecule has 0 radical (unpaired) electrons. The normalized spacial score (nSPS) is 6.38. The van der Waals surface area contributed by atoms with Gasteiger partial charge in [0.15, 0.2) is 0 Å². The summed E-state index contributed by atoms with van der Waals surface area (Å²) in [6, 6.07) is 1.69. The molecule has 3 heteroatoms. The van der Waals surface area contributed by atoms with Crippen LogP contribution in [0.4, 0.5) is 0 Å². The van der Waals surface area contributed by atoms with Crippen molar-refractivity contribution in [1.29, 1.82) is 5.26 Å². The zero-order valence-corrected chi connectivity index (χ0v) is 10.2. The third-order valence-corrected chi connectivity index (χ3v) is 0.974. The van der Waals surface area contributed by atoms with E-state index in [1.54, 1.807) is 19.1 Å². The van der Waals surface area contributed by atoms with Crippen LogP contribution >= 0.6 is 0 Å². The lowest BCUT2D eigenvalue weighted by molar-refractivity contribution is -0.136. The van der Waals surface area contributed by atoms with Gasteiger partial charge in [-0.25, -0.2) is 4.79 Å². The number of esters is 1. The van der Waals surface area contributed by atoms with Crippen molar-refractivity contribution in [3.05, 3.63) is 49.6 Å². The van der Waals surface area contributed by atoms with Crippen LogP contribution in [0.5, 0.6) is 0 Å². The summed E-state index contributed by atoms with van der Waals surface area (Å²) in [5, 5.41) is 7.51. The maximum Gasteiger partial charge on any atom is 0.332 e. The van der Waals surface area contributed by atoms with Crippen LogP contribution in [0.25, 0.3) is 0 Å².